The molecule has 0 N–H and O–H groups in total. The largest absolute Gasteiger partial charge is 0.0617 e. The Balaban J connectivity index is 2.94. The second-order valence-electron chi connectivity index (χ2n) is 2.17. The topological polar surface area (TPSA) is 0 Å². The molecule has 0 amide bonds. The van der Waals surface area contributed by atoms with Crippen LogP contribution in [0, 0.1) is 6.92 Å². The van der Waals surface area contributed by atoms with Crippen LogP contribution in [-0.2, 0) is 6.42 Å². The molecule has 1 aromatic rings. The lowest BCUT2D eigenvalue weighted by atomic mass is 10.1. The summed E-state index contributed by atoms with van der Waals surface area (Å²) in [5.74, 6) is 0. The minimum Gasteiger partial charge on any atom is -0.0617 e. The first-order valence-corrected chi connectivity index (χ1v) is 3.24. The van der Waals surface area contributed by atoms with Gasteiger partial charge in [0.1, 0.15) is 0 Å². The molecule has 47 valence electrons. The number of aryl methyl sites for hydroxylation is 1. The summed E-state index contributed by atoms with van der Waals surface area (Å²) in [7, 11) is 0. The monoisotopic (exact) mass is 119 g/mol. The van der Waals surface area contributed by atoms with E-state index in [0.29, 0.717) is 0 Å². The zero-order valence-corrected chi connectivity index (χ0v) is 5.72. The maximum absolute atomic E-state index is 3.83. The van der Waals surface area contributed by atoms with Gasteiger partial charge in [0.05, 0.1) is 0 Å². The number of hydrogen-bond acceptors (Lipinski definition) is 0. The fourth-order valence-corrected chi connectivity index (χ4v) is 0.850. The maximum atomic E-state index is 3.83. The molecule has 1 rings (SSSR count). The van der Waals surface area contributed by atoms with Crippen molar-refractivity contribution in [3.8, 4) is 0 Å². The summed E-state index contributed by atoms with van der Waals surface area (Å²) in [6.45, 7) is 5.98. The lowest BCUT2D eigenvalue weighted by molar-refractivity contribution is 1.14. The highest BCUT2D eigenvalue weighted by Gasteiger charge is 1.85. The molecule has 0 spiro atoms. The molecule has 0 saturated heterocycles. The summed E-state index contributed by atoms with van der Waals surface area (Å²) in [6, 6.07) is 8.29. The second kappa shape index (κ2) is 2.67. The minimum absolute atomic E-state index is 1.10. The van der Waals surface area contributed by atoms with Gasteiger partial charge in [-0.15, -0.1) is 0 Å². The summed E-state index contributed by atoms with van der Waals surface area (Å²) in [5.41, 5.74) is 2.47. The average Bonchev–Trinajstić information content (AvgIpc) is 1.88. The molecule has 0 aliphatic carbocycles. The van der Waals surface area contributed by atoms with Crippen molar-refractivity contribution in [2.24, 2.45) is 0 Å². The first kappa shape index (κ1) is 6.34. The van der Waals surface area contributed by atoms with Gasteiger partial charge in [0, 0.05) is 0 Å². The van der Waals surface area contributed by atoms with Crippen LogP contribution in [-0.4, -0.2) is 0 Å². The van der Waals surface area contributed by atoms with Crippen molar-refractivity contribution in [2.45, 2.75) is 13.3 Å². The Morgan fingerprint density at radius 1 is 1.44 bits per heavy atom. The molecular formula is C9H11. The average molecular weight is 119 g/mol. The van der Waals surface area contributed by atoms with Crippen molar-refractivity contribution in [2.75, 3.05) is 0 Å². The van der Waals surface area contributed by atoms with E-state index in [4.69, 9.17) is 0 Å². The van der Waals surface area contributed by atoms with Crippen molar-refractivity contribution >= 4 is 0 Å². The number of benzene rings is 1. The molecule has 0 nitrogen and oxygen atoms in total. The highest BCUT2D eigenvalue weighted by Crippen LogP contribution is 2.03. The van der Waals surface area contributed by atoms with Crippen LogP contribution in [0.3, 0.4) is 0 Å². The van der Waals surface area contributed by atoms with E-state index in [1.165, 1.54) is 5.56 Å². The lowest BCUT2D eigenvalue weighted by Crippen LogP contribution is -1.78. The molecule has 0 fully saturated rings. The summed E-state index contributed by atoms with van der Waals surface area (Å²) in [6.07, 6.45) is 1.10. The SMILES string of the molecule is [CH2]c1cccc(CC)c1. The fourth-order valence-electron chi connectivity index (χ4n) is 0.850. The smallest absolute Gasteiger partial charge is 0.0238 e. The van der Waals surface area contributed by atoms with Crippen molar-refractivity contribution in [3.63, 3.8) is 0 Å². The summed E-state index contributed by atoms with van der Waals surface area (Å²) >= 11 is 0. The van der Waals surface area contributed by atoms with Gasteiger partial charge in [0.25, 0.3) is 0 Å². The highest BCUT2D eigenvalue weighted by atomic mass is 13.9. The molecule has 1 radical (unpaired) electrons. The van der Waals surface area contributed by atoms with E-state index in [2.05, 4.69) is 26.0 Å². The van der Waals surface area contributed by atoms with Crippen molar-refractivity contribution < 1.29 is 0 Å². The zero-order chi connectivity index (χ0) is 6.69. The third-order valence-corrected chi connectivity index (χ3v) is 1.40. The molecule has 0 heteroatoms. The molecule has 0 heterocycles. The Hall–Kier alpha value is -0.780. The Bertz CT molecular complexity index is 189. The highest BCUT2D eigenvalue weighted by molar-refractivity contribution is 5.24. The second-order valence-corrected chi connectivity index (χ2v) is 2.17. The molecule has 0 atom stereocenters. The Kier molecular flexibility index (Phi) is 1.88. The first-order chi connectivity index (χ1) is 4.33. The predicted molar refractivity (Wildman–Crippen MR) is 40.3 cm³/mol. The van der Waals surface area contributed by atoms with Crippen LogP contribution < -0.4 is 0 Å². The van der Waals surface area contributed by atoms with Crippen LogP contribution >= 0.6 is 0 Å². The Morgan fingerprint density at radius 2 is 2.22 bits per heavy atom. The normalized spacial score (nSPS) is 9.56. The van der Waals surface area contributed by atoms with E-state index < -0.39 is 0 Å². The third kappa shape index (κ3) is 1.56. The number of rotatable bonds is 1. The third-order valence-electron chi connectivity index (χ3n) is 1.40. The molecule has 9 heavy (non-hydrogen) atoms. The van der Waals surface area contributed by atoms with Gasteiger partial charge in [-0.05, 0) is 24.5 Å². The van der Waals surface area contributed by atoms with Crippen molar-refractivity contribution in [1.29, 1.82) is 0 Å². The quantitative estimate of drug-likeness (QED) is 0.532. The van der Waals surface area contributed by atoms with Gasteiger partial charge in [-0.2, -0.15) is 0 Å². The van der Waals surface area contributed by atoms with Gasteiger partial charge in [-0.3, -0.25) is 0 Å². The van der Waals surface area contributed by atoms with Gasteiger partial charge in [-0.25, -0.2) is 0 Å². The van der Waals surface area contributed by atoms with Crippen LogP contribution in [0.4, 0.5) is 0 Å². The molecule has 0 aliphatic heterocycles. The Labute approximate surface area is 56.5 Å². The molecular weight excluding hydrogens is 108 g/mol. The van der Waals surface area contributed by atoms with E-state index in [1.54, 1.807) is 0 Å². The molecule has 0 unspecified atom stereocenters. The van der Waals surface area contributed by atoms with Crippen LogP contribution in [0.5, 0.6) is 0 Å². The minimum atomic E-state index is 1.10. The zero-order valence-electron chi connectivity index (χ0n) is 5.72. The molecule has 0 aliphatic rings. The molecule has 0 saturated carbocycles. The fraction of sp³-hybridized carbons (Fsp3) is 0.222. The van der Waals surface area contributed by atoms with Crippen LogP contribution in [0.25, 0.3) is 0 Å². The summed E-state index contributed by atoms with van der Waals surface area (Å²) in [5, 5.41) is 0. The van der Waals surface area contributed by atoms with E-state index in [1.807, 2.05) is 12.1 Å². The van der Waals surface area contributed by atoms with Crippen molar-refractivity contribution in [3.05, 3.63) is 42.3 Å². The molecule has 0 bridgehead atoms. The van der Waals surface area contributed by atoms with E-state index in [-0.39, 0.29) is 0 Å². The molecule has 1 aromatic carbocycles. The lowest BCUT2D eigenvalue weighted by Gasteiger charge is -1.95. The van der Waals surface area contributed by atoms with Crippen LogP contribution in [0.15, 0.2) is 24.3 Å². The summed E-state index contributed by atoms with van der Waals surface area (Å²) in [4.78, 5) is 0. The van der Waals surface area contributed by atoms with E-state index in [0.717, 1.165) is 12.0 Å². The standard InChI is InChI=1S/C9H11/c1-3-9-6-4-5-8(2)7-9/h4-7H,2-3H2,1H3. The van der Waals surface area contributed by atoms with E-state index >= 15 is 0 Å². The van der Waals surface area contributed by atoms with Gasteiger partial charge < -0.3 is 0 Å². The van der Waals surface area contributed by atoms with Gasteiger partial charge in [0.15, 0.2) is 0 Å². The van der Waals surface area contributed by atoms with Gasteiger partial charge in [0.2, 0.25) is 0 Å². The van der Waals surface area contributed by atoms with E-state index in [9.17, 15) is 0 Å². The van der Waals surface area contributed by atoms with Gasteiger partial charge >= 0.3 is 0 Å². The van der Waals surface area contributed by atoms with Crippen LogP contribution in [0.2, 0.25) is 0 Å². The van der Waals surface area contributed by atoms with Crippen LogP contribution in [0.1, 0.15) is 18.1 Å². The first-order valence-electron chi connectivity index (χ1n) is 3.24. The van der Waals surface area contributed by atoms with Gasteiger partial charge in [-0.1, -0.05) is 31.2 Å². The summed E-state index contributed by atoms with van der Waals surface area (Å²) < 4.78 is 0. The maximum Gasteiger partial charge on any atom is -0.0238 e. The van der Waals surface area contributed by atoms with Crippen molar-refractivity contribution in [1.82, 2.24) is 0 Å². The molecule has 0 aromatic heterocycles. The number of hydrogen-bond donors (Lipinski definition) is 0. The predicted octanol–water partition coefficient (Wildman–Crippen LogP) is 2.43. The Morgan fingerprint density at radius 3 is 2.67 bits per heavy atom.